The third kappa shape index (κ3) is 3.21. The first-order valence-corrected chi connectivity index (χ1v) is 14.2. The molecule has 0 aliphatic rings. The highest BCUT2D eigenvalue weighted by Gasteiger charge is 2.20. The molecule has 1 aromatic heterocycles. The second kappa shape index (κ2) is 8.83. The van der Waals surface area contributed by atoms with Gasteiger partial charge >= 0.3 is 0 Å². The summed E-state index contributed by atoms with van der Waals surface area (Å²) in [5.74, 6) is 0. The molecule has 8 rings (SSSR count). The van der Waals surface area contributed by atoms with Crippen LogP contribution in [-0.4, -0.2) is 4.57 Å². The number of nitrogens with zero attached hydrogens (tertiary/aromatic N) is 1. The van der Waals surface area contributed by atoms with Crippen molar-refractivity contribution in [2.24, 2.45) is 0 Å². The maximum absolute atomic E-state index is 2.47. The van der Waals surface area contributed by atoms with Crippen molar-refractivity contribution >= 4 is 54.1 Å². The summed E-state index contributed by atoms with van der Waals surface area (Å²) in [6, 6.07) is 47.0. The fraction of sp³-hybridized carbons (Fsp3) is 0.0769. The molecule has 0 aliphatic carbocycles. The van der Waals surface area contributed by atoms with E-state index in [9.17, 15) is 0 Å². The number of aryl methyl sites for hydroxylation is 2. The number of benzene rings is 7. The van der Waals surface area contributed by atoms with Gasteiger partial charge in [-0.3, -0.25) is 0 Å². The van der Waals surface area contributed by atoms with Crippen LogP contribution >= 0.6 is 0 Å². The molecule has 8 aromatic rings. The molecule has 0 N–H and O–H groups in total. The van der Waals surface area contributed by atoms with Crippen LogP contribution in [0.5, 0.6) is 0 Å². The average molecular weight is 512 g/mol. The second-order valence-corrected chi connectivity index (χ2v) is 10.8. The molecule has 0 radical (unpaired) electrons. The van der Waals surface area contributed by atoms with Gasteiger partial charge in [0.2, 0.25) is 0 Å². The van der Waals surface area contributed by atoms with Gasteiger partial charge < -0.3 is 4.57 Å². The summed E-state index contributed by atoms with van der Waals surface area (Å²) < 4.78 is 2.47. The van der Waals surface area contributed by atoms with E-state index in [1.54, 1.807) is 0 Å². The maximum Gasteiger partial charge on any atom is 0.0543 e. The Morgan fingerprint density at radius 3 is 1.50 bits per heavy atom. The van der Waals surface area contributed by atoms with E-state index in [1.807, 2.05) is 0 Å². The second-order valence-electron chi connectivity index (χ2n) is 10.8. The molecular formula is C39H29N. The molecule has 0 fully saturated rings. The molecule has 0 amide bonds. The normalized spacial score (nSPS) is 11.8. The predicted octanol–water partition coefficient (Wildman–Crippen LogP) is 10.8. The van der Waals surface area contributed by atoms with E-state index in [-0.39, 0.29) is 0 Å². The molecule has 7 aromatic carbocycles. The number of aromatic nitrogens is 1. The summed E-state index contributed by atoms with van der Waals surface area (Å²) in [7, 11) is 0. The molecule has 0 aliphatic heterocycles. The third-order valence-electron chi connectivity index (χ3n) is 8.69. The molecule has 1 heteroatoms. The first kappa shape index (κ1) is 23.0. The van der Waals surface area contributed by atoms with E-state index in [0.717, 1.165) is 6.42 Å². The van der Waals surface area contributed by atoms with Gasteiger partial charge in [-0.1, -0.05) is 110 Å². The van der Waals surface area contributed by atoms with Crippen LogP contribution in [0.15, 0.2) is 127 Å². The molecule has 40 heavy (non-hydrogen) atoms. The third-order valence-corrected chi connectivity index (χ3v) is 8.69. The lowest BCUT2D eigenvalue weighted by molar-refractivity contribution is 1.11. The van der Waals surface area contributed by atoms with Crippen LogP contribution in [0, 0.1) is 6.92 Å². The van der Waals surface area contributed by atoms with Crippen LogP contribution in [0.3, 0.4) is 0 Å². The molecule has 0 saturated heterocycles. The summed E-state index contributed by atoms with van der Waals surface area (Å²) in [5, 5.41) is 10.5. The molecule has 0 unspecified atom stereocenters. The van der Waals surface area contributed by atoms with Crippen molar-refractivity contribution in [3.63, 3.8) is 0 Å². The van der Waals surface area contributed by atoms with Crippen molar-refractivity contribution in [3.05, 3.63) is 139 Å². The van der Waals surface area contributed by atoms with E-state index in [2.05, 4.69) is 146 Å². The predicted molar refractivity (Wildman–Crippen MR) is 173 cm³/mol. The lowest BCUT2D eigenvalue weighted by Crippen LogP contribution is -2.01. The van der Waals surface area contributed by atoms with E-state index < -0.39 is 0 Å². The number of para-hydroxylation sites is 2. The number of hydrogen-bond donors (Lipinski definition) is 0. The highest BCUT2D eigenvalue weighted by atomic mass is 15.0. The summed E-state index contributed by atoms with van der Waals surface area (Å²) in [6.07, 6.45) is 0.969. The summed E-state index contributed by atoms with van der Waals surface area (Å²) in [6.45, 7) is 4.55. The van der Waals surface area contributed by atoms with E-state index in [1.165, 1.54) is 82.1 Å². The van der Waals surface area contributed by atoms with E-state index >= 15 is 0 Å². The molecule has 1 nitrogen and oxygen atoms in total. The Bertz CT molecular complexity index is 2210. The lowest BCUT2D eigenvalue weighted by Gasteiger charge is -2.20. The quantitative estimate of drug-likeness (QED) is 0.208. The Morgan fingerprint density at radius 2 is 0.950 bits per heavy atom. The zero-order chi connectivity index (χ0) is 26.8. The van der Waals surface area contributed by atoms with Crippen LogP contribution in [0.4, 0.5) is 0 Å². The van der Waals surface area contributed by atoms with Gasteiger partial charge in [-0.2, -0.15) is 0 Å². The summed E-state index contributed by atoms with van der Waals surface area (Å²) >= 11 is 0. The van der Waals surface area contributed by atoms with Gasteiger partial charge in [0.05, 0.1) is 16.7 Å². The number of hydrogen-bond acceptors (Lipinski definition) is 0. The Kier molecular flexibility index (Phi) is 5.09. The highest BCUT2D eigenvalue weighted by Crippen LogP contribution is 2.42. The Balaban J connectivity index is 1.52. The molecule has 190 valence electrons. The molecule has 1 heterocycles. The van der Waals surface area contributed by atoms with Gasteiger partial charge in [0, 0.05) is 16.3 Å². The first-order chi connectivity index (χ1) is 19.7. The van der Waals surface area contributed by atoms with Gasteiger partial charge in [-0.05, 0) is 86.6 Å². The fourth-order valence-electron chi connectivity index (χ4n) is 6.89. The minimum absolute atomic E-state index is 0.969. The van der Waals surface area contributed by atoms with E-state index in [4.69, 9.17) is 0 Å². The summed E-state index contributed by atoms with van der Waals surface area (Å²) in [4.78, 5) is 0. The fourth-order valence-corrected chi connectivity index (χ4v) is 6.89. The van der Waals surface area contributed by atoms with Gasteiger partial charge in [0.1, 0.15) is 0 Å². The monoisotopic (exact) mass is 511 g/mol. The van der Waals surface area contributed by atoms with Crippen LogP contribution in [-0.2, 0) is 6.42 Å². The molecule has 0 atom stereocenters. The van der Waals surface area contributed by atoms with Crippen molar-refractivity contribution in [1.82, 2.24) is 4.57 Å². The Morgan fingerprint density at radius 1 is 0.475 bits per heavy atom. The van der Waals surface area contributed by atoms with E-state index in [0.29, 0.717) is 0 Å². The largest absolute Gasteiger partial charge is 0.309 e. The highest BCUT2D eigenvalue weighted by molar-refractivity contribution is 6.26. The maximum atomic E-state index is 2.47. The molecule has 0 spiro atoms. The zero-order valence-electron chi connectivity index (χ0n) is 22.8. The number of rotatable bonds is 3. The Labute approximate surface area is 233 Å². The standard InChI is InChI=1S/C39H29N/c1-3-26-13-12-22-38(40-36-20-10-8-18-31(36)32-19-9-11-21-37(32)40)39(26)33-24-35-30-17-7-5-15-28(30)27-14-4-6-16-29(27)34(35)23-25(33)2/h4-24H,3H2,1-2H3. The summed E-state index contributed by atoms with van der Waals surface area (Å²) in [5.41, 5.74) is 9.03. The first-order valence-electron chi connectivity index (χ1n) is 14.2. The number of fused-ring (bicyclic) bond motifs is 9. The minimum atomic E-state index is 0.969. The van der Waals surface area contributed by atoms with Crippen molar-refractivity contribution in [1.29, 1.82) is 0 Å². The van der Waals surface area contributed by atoms with Crippen molar-refractivity contribution < 1.29 is 0 Å². The van der Waals surface area contributed by atoms with Gasteiger partial charge in [-0.15, -0.1) is 0 Å². The smallest absolute Gasteiger partial charge is 0.0543 e. The van der Waals surface area contributed by atoms with Crippen LogP contribution < -0.4 is 0 Å². The molecule has 0 bridgehead atoms. The van der Waals surface area contributed by atoms with Crippen molar-refractivity contribution in [2.75, 3.05) is 0 Å². The topological polar surface area (TPSA) is 4.93 Å². The average Bonchev–Trinajstić information content (AvgIpc) is 3.35. The molecule has 0 saturated carbocycles. The van der Waals surface area contributed by atoms with Crippen molar-refractivity contribution in [2.45, 2.75) is 20.3 Å². The SMILES string of the molecule is CCc1cccc(-n2c3ccccc3c3ccccc32)c1-c1cc2c3ccccc3c3ccccc3c2cc1C. The van der Waals surface area contributed by atoms with Crippen LogP contribution in [0.2, 0.25) is 0 Å². The van der Waals surface area contributed by atoms with Gasteiger partial charge in [0.25, 0.3) is 0 Å². The minimum Gasteiger partial charge on any atom is -0.309 e. The van der Waals surface area contributed by atoms with Gasteiger partial charge in [0.15, 0.2) is 0 Å². The Hall–Kier alpha value is -4.88. The van der Waals surface area contributed by atoms with Crippen LogP contribution in [0.1, 0.15) is 18.1 Å². The molecular weight excluding hydrogens is 482 g/mol. The van der Waals surface area contributed by atoms with Gasteiger partial charge in [-0.25, -0.2) is 0 Å². The lowest BCUT2D eigenvalue weighted by atomic mass is 9.87. The van der Waals surface area contributed by atoms with Crippen molar-refractivity contribution in [3.8, 4) is 16.8 Å². The van der Waals surface area contributed by atoms with Crippen LogP contribution in [0.25, 0.3) is 70.9 Å². The zero-order valence-corrected chi connectivity index (χ0v) is 22.8.